The van der Waals surface area contributed by atoms with Gasteiger partial charge in [-0.2, -0.15) is 8.42 Å². The lowest BCUT2D eigenvalue weighted by molar-refractivity contribution is -0.120. The first kappa shape index (κ1) is 27.9. The zero-order valence-electron chi connectivity index (χ0n) is 21.2. The van der Waals surface area contributed by atoms with Crippen LogP contribution in [0, 0.1) is 6.92 Å². The van der Waals surface area contributed by atoms with Crippen LogP contribution in [0.25, 0.3) is 0 Å². The largest absolute Gasteiger partial charge is 0.444 e. The summed E-state index contributed by atoms with van der Waals surface area (Å²) in [5.41, 5.74) is 1.52. The molecule has 1 amide bonds. The molecule has 196 valence electrons. The molecule has 0 heterocycles. The number of ether oxygens (including phenoxy) is 2. The van der Waals surface area contributed by atoms with E-state index in [0.29, 0.717) is 11.8 Å². The summed E-state index contributed by atoms with van der Waals surface area (Å²) in [5.74, 6) is 0.0770. The molecule has 0 unspecified atom stereocenters. The number of carbonyl (C=O) groups is 2. The Morgan fingerprint density at radius 3 is 2.14 bits per heavy atom. The molecular formula is C28H31NO7S. The Hall–Kier alpha value is -3.69. The number of rotatable bonds is 10. The van der Waals surface area contributed by atoms with Gasteiger partial charge in [0.1, 0.15) is 22.4 Å². The maximum absolute atomic E-state index is 12.6. The molecule has 0 saturated heterocycles. The summed E-state index contributed by atoms with van der Waals surface area (Å²) in [6.07, 6.45) is -1.16. The second kappa shape index (κ2) is 12.0. The van der Waals surface area contributed by atoms with Crippen molar-refractivity contribution in [3.05, 3.63) is 95.6 Å². The van der Waals surface area contributed by atoms with E-state index < -0.39 is 34.0 Å². The highest BCUT2D eigenvalue weighted by molar-refractivity contribution is 7.87. The predicted octanol–water partition coefficient (Wildman–Crippen LogP) is 5.11. The minimum atomic E-state index is -4.03. The molecule has 0 aromatic heterocycles. The number of hydrogen-bond acceptors (Lipinski definition) is 7. The fraction of sp³-hybridized carbons (Fsp3) is 0.286. The number of benzene rings is 3. The van der Waals surface area contributed by atoms with Crippen LogP contribution in [0.2, 0.25) is 0 Å². The van der Waals surface area contributed by atoms with Gasteiger partial charge in [0.2, 0.25) is 0 Å². The van der Waals surface area contributed by atoms with Crippen molar-refractivity contribution in [1.29, 1.82) is 0 Å². The van der Waals surface area contributed by atoms with Gasteiger partial charge in [0.15, 0.2) is 6.29 Å². The van der Waals surface area contributed by atoms with Crippen LogP contribution >= 0.6 is 0 Å². The second-order valence-electron chi connectivity index (χ2n) is 9.44. The van der Waals surface area contributed by atoms with Crippen molar-refractivity contribution in [3.8, 4) is 5.75 Å². The zero-order valence-corrected chi connectivity index (χ0v) is 22.0. The molecule has 0 bridgehead atoms. The van der Waals surface area contributed by atoms with E-state index in [9.17, 15) is 18.0 Å². The molecule has 8 nitrogen and oxygen atoms in total. The summed E-state index contributed by atoms with van der Waals surface area (Å²) in [7, 11) is -4.03. The number of hydrogen-bond donors (Lipinski definition) is 1. The maximum atomic E-state index is 12.6. The van der Waals surface area contributed by atoms with Crippen LogP contribution in [0.5, 0.6) is 5.75 Å². The average Bonchev–Trinajstić information content (AvgIpc) is 2.84. The molecule has 37 heavy (non-hydrogen) atoms. The molecule has 3 rings (SSSR count). The third kappa shape index (κ3) is 8.44. The lowest BCUT2D eigenvalue weighted by atomic mass is 10.0. The van der Waals surface area contributed by atoms with Gasteiger partial charge in [0.25, 0.3) is 0 Å². The van der Waals surface area contributed by atoms with E-state index in [1.54, 1.807) is 45.0 Å². The molecule has 0 radical (unpaired) electrons. The molecule has 0 spiro atoms. The molecule has 2 atom stereocenters. The number of carbonyl (C=O) groups excluding carboxylic acids is 2. The fourth-order valence-corrected chi connectivity index (χ4v) is 4.31. The number of amides is 1. The van der Waals surface area contributed by atoms with Crippen molar-refractivity contribution in [1.82, 2.24) is 5.32 Å². The highest BCUT2D eigenvalue weighted by Gasteiger charge is 2.28. The fourth-order valence-electron chi connectivity index (χ4n) is 3.38. The zero-order chi connectivity index (χ0) is 27.1. The highest BCUT2D eigenvalue weighted by Crippen LogP contribution is 2.25. The van der Waals surface area contributed by atoms with Gasteiger partial charge >= 0.3 is 16.2 Å². The van der Waals surface area contributed by atoms with Gasteiger partial charge in [0.05, 0.1) is 12.6 Å². The second-order valence-corrected chi connectivity index (χ2v) is 11.0. The molecule has 3 aromatic carbocycles. The first-order chi connectivity index (χ1) is 17.5. The van der Waals surface area contributed by atoms with Gasteiger partial charge in [-0.25, -0.2) is 4.79 Å². The Bertz CT molecular complexity index is 1280. The van der Waals surface area contributed by atoms with Crippen LogP contribution in [-0.4, -0.2) is 32.5 Å². The third-order valence-electron chi connectivity index (χ3n) is 5.17. The van der Waals surface area contributed by atoms with Gasteiger partial charge in [-0.1, -0.05) is 60.2 Å². The van der Waals surface area contributed by atoms with Crippen LogP contribution in [0.4, 0.5) is 4.79 Å². The maximum Gasteiger partial charge on any atom is 0.408 e. The lowest BCUT2D eigenvalue weighted by Gasteiger charge is -2.27. The van der Waals surface area contributed by atoms with Crippen LogP contribution in [-0.2, 0) is 31.0 Å². The minimum absolute atomic E-state index is 0.0296. The molecule has 9 heteroatoms. The summed E-state index contributed by atoms with van der Waals surface area (Å²) in [6, 6.07) is 20.7. The van der Waals surface area contributed by atoms with Crippen LogP contribution in [0.1, 0.15) is 43.5 Å². The monoisotopic (exact) mass is 525 g/mol. The number of alkyl carbamates (subject to hydrolysis) is 1. The van der Waals surface area contributed by atoms with Crippen LogP contribution in [0.3, 0.4) is 0 Å². The Balaban J connectivity index is 1.82. The molecule has 1 N–H and O–H groups in total. The van der Waals surface area contributed by atoms with E-state index in [-0.39, 0.29) is 17.3 Å². The van der Waals surface area contributed by atoms with E-state index in [1.807, 2.05) is 37.3 Å². The van der Waals surface area contributed by atoms with Crippen molar-refractivity contribution in [3.63, 3.8) is 0 Å². The quantitative estimate of drug-likeness (QED) is 0.289. The van der Waals surface area contributed by atoms with E-state index in [4.69, 9.17) is 13.7 Å². The van der Waals surface area contributed by atoms with Gasteiger partial charge < -0.3 is 23.8 Å². The summed E-state index contributed by atoms with van der Waals surface area (Å²) in [4.78, 5) is 24.6. The van der Waals surface area contributed by atoms with Gasteiger partial charge in [0, 0.05) is 0 Å². The average molecular weight is 526 g/mol. The topological polar surface area (TPSA) is 108 Å². The molecule has 0 saturated carbocycles. The van der Waals surface area contributed by atoms with Crippen molar-refractivity contribution < 1.29 is 31.7 Å². The minimum Gasteiger partial charge on any atom is -0.444 e. The van der Waals surface area contributed by atoms with E-state index in [2.05, 4.69) is 5.32 Å². The molecule has 0 fully saturated rings. The first-order valence-electron chi connectivity index (χ1n) is 11.7. The summed E-state index contributed by atoms with van der Waals surface area (Å²) in [6.45, 7) is 7.18. The normalized spacial score (nSPS) is 13.3. The Morgan fingerprint density at radius 2 is 1.57 bits per heavy atom. The van der Waals surface area contributed by atoms with E-state index >= 15 is 0 Å². The number of nitrogens with one attached hydrogen (secondary N) is 1. The molecule has 0 aliphatic carbocycles. The molecule has 0 aliphatic rings. The predicted molar refractivity (Wildman–Crippen MR) is 139 cm³/mol. The third-order valence-corrected chi connectivity index (χ3v) is 6.44. The van der Waals surface area contributed by atoms with Crippen LogP contribution in [0.15, 0.2) is 83.8 Å². The van der Waals surface area contributed by atoms with Gasteiger partial charge in [-0.05, 0) is 63.1 Å². The van der Waals surface area contributed by atoms with Crippen molar-refractivity contribution in [2.24, 2.45) is 0 Å². The number of aryl methyl sites for hydroxylation is 1. The Kier molecular flexibility index (Phi) is 9.07. The first-order valence-corrected chi connectivity index (χ1v) is 13.1. The lowest BCUT2D eigenvalue weighted by Crippen LogP contribution is -2.41. The molecule has 3 aromatic rings. The SMILES string of the molecule is Cc1ccc(S(=O)(=O)Oc2ccc([C@@H](NC(=O)OC(C)(C)C)[C@H](C=O)OCc3ccccc3)cc2)cc1. The smallest absolute Gasteiger partial charge is 0.408 e. The van der Waals surface area contributed by atoms with Crippen molar-refractivity contribution >= 4 is 22.5 Å². The van der Waals surface area contributed by atoms with Crippen molar-refractivity contribution in [2.45, 2.75) is 56.9 Å². The number of aldehydes is 1. The van der Waals surface area contributed by atoms with E-state index in [1.165, 1.54) is 24.3 Å². The highest BCUT2D eigenvalue weighted by atomic mass is 32.2. The molecular weight excluding hydrogens is 494 g/mol. The summed E-state index contributed by atoms with van der Waals surface area (Å²) >= 11 is 0. The van der Waals surface area contributed by atoms with E-state index in [0.717, 1.165) is 11.1 Å². The summed E-state index contributed by atoms with van der Waals surface area (Å²) in [5, 5.41) is 2.70. The Morgan fingerprint density at radius 1 is 0.946 bits per heavy atom. The van der Waals surface area contributed by atoms with Crippen molar-refractivity contribution in [2.75, 3.05) is 0 Å². The summed E-state index contributed by atoms with van der Waals surface area (Å²) < 4.78 is 41.7. The Labute approximate surface area is 217 Å². The van der Waals surface area contributed by atoms with Crippen LogP contribution < -0.4 is 9.50 Å². The van der Waals surface area contributed by atoms with Gasteiger partial charge in [-0.3, -0.25) is 0 Å². The standard InChI is InChI=1S/C28H31NO7S/c1-20-10-16-24(17-11-20)37(32,33)36-23-14-12-22(13-15-23)26(29-27(31)35-28(2,3)4)25(18-30)34-19-21-8-6-5-7-9-21/h5-18,25-26H,19H2,1-4H3,(H,29,31)/t25-,26+/m0/s1. The van der Waals surface area contributed by atoms with Gasteiger partial charge in [-0.15, -0.1) is 0 Å². The molecule has 0 aliphatic heterocycles.